The minimum atomic E-state index is -3.22. The van der Waals surface area contributed by atoms with Crippen molar-refractivity contribution >= 4 is 102 Å². The Bertz CT molecular complexity index is 5250. The highest BCUT2D eigenvalue weighted by atomic mass is 32.2. The van der Waals surface area contributed by atoms with Gasteiger partial charge in [-0.15, -0.1) is 0 Å². The molecule has 9 aromatic rings. The first kappa shape index (κ1) is 82.0. The van der Waals surface area contributed by atoms with E-state index in [2.05, 4.69) is 38.0 Å². The van der Waals surface area contributed by atoms with Crippen molar-refractivity contribution < 1.29 is 72.1 Å². The lowest BCUT2D eigenvalue weighted by molar-refractivity contribution is -0.119. The van der Waals surface area contributed by atoms with Crippen LogP contribution >= 0.6 is 7.14 Å². The van der Waals surface area contributed by atoms with Gasteiger partial charge in [0, 0.05) is 54.4 Å². The van der Waals surface area contributed by atoms with Crippen LogP contribution in [0.4, 0.5) is 70.5 Å². The van der Waals surface area contributed by atoms with Crippen LogP contribution in [0.1, 0.15) is 96.7 Å². The number of nitrogens with zero attached hydrogens (tertiary/aromatic N) is 3. The molecule has 0 spiro atoms. The third kappa shape index (κ3) is 20.0. The van der Waals surface area contributed by atoms with E-state index in [-0.39, 0.29) is 70.5 Å². The lowest BCUT2D eigenvalue weighted by Gasteiger charge is -2.24. The third-order valence-electron chi connectivity index (χ3n) is 19.5. The Morgan fingerprint density at radius 3 is 1.22 bits per heavy atom. The van der Waals surface area contributed by atoms with E-state index in [9.17, 15) is 63.3 Å². The van der Waals surface area contributed by atoms with Gasteiger partial charge in [0.25, 0.3) is 0 Å². The lowest BCUT2D eigenvalue weighted by atomic mass is 9.93. The van der Waals surface area contributed by atoms with Crippen LogP contribution < -0.4 is 51.9 Å². The van der Waals surface area contributed by atoms with Gasteiger partial charge in [-0.1, -0.05) is 117 Å². The zero-order chi connectivity index (χ0) is 80.8. The molecule has 9 aromatic carbocycles. The van der Waals surface area contributed by atoms with Gasteiger partial charge in [-0.25, -0.2) is 53.2 Å². The van der Waals surface area contributed by atoms with Gasteiger partial charge in [0.15, 0.2) is 31.3 Å². The van der Waals surface area contributed by atoms with E-state index in [1.54, 1.807) is 86.4 Å². The highest BCUT2D eigenvalue weighted by Gasteiger charge is 2.40. The van der Waals surface area contributed by atoms with E-state index in [1.165, 1.54) is 61.0 Å². The van der Waals surface area contributed by atoms with Gasteiger partial charge >= 0.3 is 18.1 Å². The highest BCUT2D eigenvalue weighted by Crippen LogP contribution is 2.47. The third-order valence-corrected chi connectivity index (χ3v) is 22.8. The van der Waals surface area contributed by atoms with Crippen LogP contribution in [-0.4, -0.2) is 116 Å². The molecule has 0 bridgehead atoms. The summed E-state index contributed by atoms with van der Waals surface area (Å²) in [5, 5.41) is 15.6. The summed E-state index contributed by atoms with van der Waals surface area (Å²) >= 11 is 0. The smallest absolute Gasteiger partial charge is 0.319 e. The Morgan fingerprint density at radius 1 is 0.446 bits per heavy atom. The number of amides is 9. The molecule has 0 unspecified atom stereocenters. The summed E-state index contributed by atoms with van der Waals surface area (Å²) in [6, 6.07) is 44.5. The largest absolute Gasteiger partial charge is 0.326 e. The number of aryl methyl sites for hydroxylation is 3. The van der Waals surface area contributed by atoms with Crippen LogP contribution in [0.15, 0.2) is 176 Å². The van der Waals surface area contributed by atoms with Crippen molar-refractivity contribution in [3.8, 4) is 33.4 Å². The molecule has 112 heavy (non-hydrogen) atoms. The molecule has 1 aliphatic carbocycles. The number of carbonyl (C=O) groups excluding carboxylic acids is 6. The van der Waals surface area contributed by atoms with Gasteiger partial charge in [0.2, 0.25) is 17.7 Å². The first-order chi connectivity index (χ1) is 53.0. The number of urea groups is 3. The molecule has 3 saturated heterocycles. The molecule has 13 rings (SSSR count). The number of rotatable bonds is 19. The second-order valence-corrected chi connectivity index (χ2v) is 36.8. The van der Waals surface area contributed by atoms with Gasteiger partial charge in [0.05, 0.1) is 34.3 Å². The Hall–Kier alpha value is -11.0. The van der Waals surface area contributed by atoms with E-state index >= 15 is 8.78 Å². The van der Waals surface area contributed by atoms with E-state index in [4.69, 9.17) is 0 Å². The maximum absolute atomic E-state index is 15.2. The first-order valence-electron chi connectivity index (χ1n) is 36.4. The molecular formula is C84H87F5N9O11PS2. The predicted octanol–water partition coefficient (Wildman–Crippen LogP) is 15.8. The number of hydrogen-bond acceptors (Lipinski definition) is 11. The lowest BCUT2D eigenvalue weighted by Crippen LogP contribution is -2.43. The maximum Gasteiger partial charge on any atom is 0.319 e. The van der Waals surface area contributed by atoms with E-state index < -0.39 is 98.0 Å². The molecule has 3 atom stereocenters. The number of anilines is 6. The number of carbonyl (C=O) groups is 6. The predicted molar refractivity (Wildman–Crippen MR) is 430 cm³/mol. The zero-order valence-corrected chi connectivity index (χ0v) is 65.7. The molecule has 0 radical (unpaired) electrons. The summed E-state index contributed by atoms with van der Waals surface area (Å²) in [6.45, 7) is 13.3. The number of hydrogen-bond donors (Lipinski definition) is 6. The average Bonchev–Trinajstić information content (AvgIpc) is 1.53. The summed E-state index contributed by atoms with van der Waals surface area (Å²) in [7, 11) is -9.20. The van der Waals surface area contributed by atoms with Crippen LogP contribution in [-0.2, 0) is 50.1 Å². The molecule has 1 saturated carbocycles. The van der Waals surface area contributed by atoms with Crippen LogP contribution in [0.3, 0.4) is 0 Å². The molecule has 9 amide bonds. The van der Waals surface area contributed by atoms with Crippen LogP contribution in [0.5, 0.6) is 0 Å². The highest BCUT2D eigenvalue weighted by molar-refractivity contribution is 7.90. The topological polar surface area (TPSA) is 270 Å². The van der Waals surface area contributed by atoms with Crippen molar-refractivity contribution in [2.45, 2.75) is 108 Å². The quantitative estimate of drug-likeness (QED) is 0.0327. The van der Waals surface area contributed by atoms with Gasteiger partial charge < -0.3 is 51.2 Å². The van der Waals surface area contributed by atoms with E-state index in [0.29, 0.717) is 48.3 Å². The molecule has 4 aliphatic rings. The Morgan fingerprint density at radius 2 is 0.821 bits per heavy atom. The summed E-state index contributed by atoms with van der Waals surface area (Å²) < 4.78 is 133. The molecule has 4 fully saturated rings. The minimum Gasteiger partial charge on any atom is -0.326 e. The zero-order valence-electron chi connectivity index (χ0n) is 63.2. The molecule has 3 aliphatic heterocycles. The maximum atomic E-state index is 15.2. The summed E-state index contributed by atoms with van der Waals surface area (Å²) in [5.41, 5.74) is 10.7. The Balaban J connectivity index is 0.000000166. The fourth-order valence-corrected chi connectivity index (χ4v) is 16.8. The van der Waals surface area contributed by atoms with Crippen LogP contribution in [0.2, 0.25) is 0 Å². The average molecular weight is 1590 g/mol. The molecule has 586 valence electrons. The molecular weight excluding hydrogens is 1500 g/mol. The second kappa shape index (κ2) is 34.3. The number of sulfone groups is 2. The van der Waals surface area contributed by atoms with E-state index in [1.807, 2.05) is 92.7 Å². The SMILES string of the molecule is Cc1ccc(NC(=O)N[C@@H]2CCN(c3ccc(-c4ccccc4CS(C)(=O)=O)cc3C(C)C)C2=O)c(F)c1.Cc1ccc(NC(=O)N[C@@H]2CCN(c3ccc(-c4ccccc4CS(C)(=O)=O)cc3C3CC3)C2=O)c(F)c1.Cc1ccc(NC(=O)N[C@@H]2CCN(c3ccc(-c4ccccc4P(C)(C)=O)c(F)c3F)C2=O)c(F)c1. The van der Waals surface area contributed by atoms with Gasteiger partial charge in [0.1, 0.15) is 42.7 Å². The van der Waals surface area contributed by atoms with Gasteiger partial charge in [-0.2, -0.15) is 0 Å². The monoisotopic (exact) mass is 1590 g/mol. The molecule has 20 nitrogen and oxygen atoms in total. The Labute approximate surface area is 648 Å². The van der Waals surface area contributed by atoms with Gasteiger partial charge in [-0.3, -0.25) is 14.4 Å². The van der Waals surface area contributed by atoms with Crippen molar-refractivity contribution in [3.63, 3.8) is 0 Å². The Kier molecular flexibility index (Phi) is 25.1. The van der Waals surface area contributed by atoms with Crippen molar-refractivity contribution in [3.05, 3.63) is 244 Å². The molecule has 3 heterocycles. The summed E-state index contributed by atoms with van der Waals surface area (Å²) in [4.78, 5) is 81.2. The van der Waals surface area contributed by atoms with Crippen LogP contribution in [0, 0.1) is 49.9 Å². The summed E-state index contributed by atoms with van der Waals surface area (Å²) in [6.07, 6.45) is 5.50. The fraction of sp³-hybridized carbons (Fsp3) is 0.286. The standard InChI is InChI=1S/C29H30FN3O4S.C29H32FN3O4S.C26H25F3N3O3P/c1-18-7-11-25(24(30)15-18)31-29(35)32-26-13-14-33(28(26)34)27-12-10-20(16-23(27)19-8-9-19)22-6-4-3-5-21(22)17-38(2,36)37;1-18(2)23-16-20(22-8-6-5-7-21(22)17-38(4,36)37)10-12-27(23)33-14-13-26(28(33)34)32-29(35)31-25-11-9-19(3)15-24(25)30;1-15-8-10-19(18(27)14-15)30-26(34)31-20-12-13-32(25(20)33)21-11-9-17(23(28)24(21)29)16-6-4-5-7-22(16)36(2,3)35/h3-7,10-12,15-16,19,26H,8-9,13-14,17H2,1-2H3,(H2,31,32,35);5-12,15-16,18,26H,13-14,17H2,1-4H3,(H2,31,32,35);4-11,14,20H,12-13H2,1-3H3,(H2,30,31,34)/t2*26-;20-/m111/s1. The van der Waals surface area contributed by atoms with E-state index in [0.717, 1.165) is 84.8 Å². The number of benzene rings is 9. The number of halogens is 5. The normalized spacial score (nSPS) is 16.3. The second-order valence-electron chi connectivity index (χ2n) is 29.3. The molecule has 0 aromatic heterocycles. The minimum absolute atomic E-state index is 0.0454. The van der Waals surface area contributed by atoms with Crippen molar-refractivity contribution in [1.29, 1.82) is 0 Å². The molecule has 6 N–H and O–H groups in total. The van der Waals surface area contributed by atoms with Crippen molar-refractivity contribution in [1.82, 2.24) is 16.0 Å². The van der Waals surface area contributed by atoms with Crippen molar-refractivity contribution in [2.75, 3.05) is 76.1 Å². The number of nitrogens with one attached hydrogen (secondary N) is 6. The van der Waals surface area contributed by atoms with Crippen molar-refractivity contribution in [2.24, 2.45) is 0 Å². The fourth-order valence-electron chi connectivity index (χ4n) is 13.9. The summed E-state index contributed by atoms with van der Waals surface area (Å²) in [5.74, 6) is -4.84. The van der Waals surface area contributed by atoms with Gasteiger partial charge in [-0.05, 0) is 218 Å². The first-order valence-corrected chi connectivity index (χ1v) is 43.1. The molecule has 28 heteroatoms. The van der Waals surface area contributed by atoms with Crippen LogP contribution in [0.25, 0.3) is 33.4 Å².